The fourth-order valence-corrected chi connectivity index (χ4v) is 1.80. The predicted molar refractivity (Wildman–Crippen MR) is 61.9 cm³/mol. The summed E-state index contributed by atoms with van der Waals surface area (Å²) in [4.78, 5) is 13.1. The summed E-state index contributed by atoms with van der Waals surface area (Å²) in [5.41, 5.74) is 2.59. The number of benzene rings is 1. The Bertz CT molecular complexity index is 497. The van der Waals surface area contributed by atoms with Crippen molar-refractivity contribution in [3.8, 4) is 6.07 Å². The Labute approximate surface area is 94.6 Å². The van der Waals surface area contributed by atoms with Crippen molar-refractivity contribution in [1.29, 1.82) is 5.26 Å². The van der Waals surface area contributed by atoms with Gasteiger partial charge in [0.25, 0.3) is 0 Å². The highest BCUT2D eigenvalue weighted by molar-refractivity contribution is 5.93. The predicted octanol–water partition coefficient (Wildman–Crippen LogP) is 2.24. The Morgan fingerprint density at radius 1 is 1.38 bits per heavy atom. The van der Waals surface area contributed by atoms with Gasteiger partial charge in [0.15, 0.2) is 5.78 Å². The van der Waals surface area contributed by atoms with Crippen LogP contribution in [0.3, 0.4) is 0 Å². The summed E-state index contributed by atoms with van der Waals surface area (Å²) >= 11 is 0. The Kier molecular flexibility index (Phi) is 2.74. The highest BCUT2D eigenvalue weighted by atomic mass is 16.1. The summed E-state index contributed by atoms with van der Waals surface area (Å²) in [5.74, 6) is 0.179. The number of anilines is 1. The lowest BCUT2D eigenvalue weighted by molar-refractivity contribution is -0.114. The molecular weight excluding hydrogens is 200 g/mol. The van der Waals surface area contributed by atoms with Crippen LogP contribution < -0.4 is 4.90 Å². The van der Waals surface area contributed by atoms with Gasteiger partial charge in [-0.25, -0.2) is 0 Å². The van der Waals surface area contributed by atoms with Crippen molar-refractivity contribution in [2.75, 3.05) is 11.9 Å². The maximum absolute atomic E-state index is 11.2. The van der Waals surface area contributed by atoms with Crippen molar-refractivity contribution in [1.82, 2.24) is 0 Å². The zero-order chi connectivity index (χ0) is 11.5. The summed E-state index contributed by atoms with van der Waals surface area (Å²) < 4.78 is 0. The van der Waals surface area contributed by atoms with Gasteiger partial charge in [-0.2, -0.15) is 5.26 Å². The summed E-state index contributed by atoms with van der Waals surface area (Å²) in [6.07, 6.45) is 3.06. The van der Waals surface area contributed by atoms with Crippen LogP contribution in [0.2, 0.25) is 0 Å². The van der Waals surface area contributed by atoms with E-state index in [0.29, 0.717) is 12.0 Å². The molecule has 0 saturated carbocycles. The van der Waals surface area contributed by atoms with E-state index in [9.17, 15) is 4.79 Å². The molecule has 0 atom stereocenters. The third kappa shape index (κ3) is 1.96. The van der Waals surface area contributed by atoms with Gasteiger partial charge < -0.3 is 4.90 Å². The molecule has 0 bridgehead atoms. The number of rotatable bonds is 2. The van der Waals surface area contributed by atoms with Gasteiger partial charge in [-0.1, -0.05) is 6.07 Å². The van der Waals surface area contributed by atoms with Crippen molar-refractivity contribution >= 4 is 11.5 Å². The zero-order valence-corrected chi connectivity index (χ0v) is 9.10. The minimum atomic E-state index is 0.179. The van der Waals surface area contributed by atoms with Crippen LogP contribution in [0.15, 0.2) is 36.0 Å². The molecule has 0 radical (unpaired) electrons. The maximum atomic E-state index is 11.2. The third-order valence-corrected chi connectivity index (χ3v) is 2.75. The van der Waals surface area contributed by atoms with E-state index in [4.69, 9.17) is 5.26 Å². The number of hydrogen-bond donors (Lipinski definition) is 0. The fourth-order valence-electron chi connectivity index (χ4n) is 1.80. The molecule has 1 aromatic carbocycles. The Morgan fingerprint density at radius 3 is 2.81 bits per heavy atom. The standard InChI is InChI=1S/C13H12N2O/c1-15(12-5-6-13(16)8-12)11-4-2-3-10(7-11)9-14/h2-4,7-8H,5-6H2,1H3. The monoisotopic (exact) mass is 212 g/mol. The van der Waals surface area contributed by atoms with E-state index in [0.717, 1.165) is 17.8 Å². The second kappa shape index (κ2) is 4.19. The molecule has 1 aliphatic carbocycles. The topological polar surface area (TPSA) is 44.1 Å². The second-order valence-corrected chi connectivity index (χ2v) is 3.82. The molecule has 0 aromatic heterocycles. The number of allylic oxidation sites excluding steroid dienone is 2. The van der Waals surface area contributed by atoms with E-state index in [2.05, 4.69) is 6.07 Å². The molecule has 1 aromatic rings. The van der Waals surface area contributed by atoms with Crippen LogP contribution in [0.25, 0.3) is 0 Å². The molecule has 0 amide bonds. The van der Waals surface area contributed by atoms with E-state index in [1.807, 2.05) is 30.1 Å². The average molecular weight is 212 g/mol. The van der Waals surface area contributed by atoms with Gasteiger partial charge in [0.05, 0.1) is 11.6 Å². The third-order valence-electron chi connectivity index (χ3n) is 2.75. The van der Waals surface area contributed by atoms with Gasteiger partial charge in [-0.15, -0.1) is 0 Å². The van der Waals surface area contributed by atoms with Gasteiger partial charge >= 0.3 is 0 Å². The number of carbonyl (C=O) groups excluding carboxylic acids is 1. The van der Waals surface area contributed by atoms with Crippen molar-refractivity contribution in [2.24, 2.45) is 0 Å². The first kappa shape index (κ1) is 10.4. The Hall–Kier alpha value is -2.08. The molecule has 16 heavy (non-hydrogen) atoms. The lowest BCUT2D eigenvalue weighted by atomic mass is 10.2. The average Bonchev–Trinajstić information content (AvgIpc) is 2.75. The summed E-state index contributed by atoms with van der Waals surface area (Å²) in [6.45, 7) is 0. The number of hydrogen-bond acceptors (Lipinski definition) is 3. The zero-order valence-electron chi connectivity index (χ0n) is 9.10. The molecule has 3 nitrogen and oxygen atoms in total. The van der Waals surface area contributed by atoms with Crippen LogP contribution in [0, 0.1) is 11.3 Å². The number of ketones is 1. The van der Waals surface area contributed by atoms with E-state index < -0.39 is 0 Å². The molecule has 2 rings (SSSR count). The van der Waals surface area contributed by atoms with E-state index in [1.165, 1.54) is 0 Å². The van der Waals surface area contributed by atoms with Crippen molar-refractivity contribution in [3.05, 3.63) is 41.6 Å². The number of carbonyl (C=O) groups is 1. The molecule has 0 saturated heterocycles. The normalized spacial score (nSPS) is 14.5. The van der Waals surface area contributed by atoms with Crippen molar-refractivity contribution in [3.63, 3.8) is 0 Å². The van der Waals surface area contributed by atoms with Crippen LogP contribution in [0.5, 0.6) is 0 Å². The SMILES string of the molecule is CN(C1=CC(=O)CC1)c1cccc(C#N)c1. The van der Waals surface area contributed by atoms with Crippen LogP contribution in [-0.4, -0.2) is 12.8 Å². The lowest BCUT2D eigenvalue weighted by Gasteiger charge is -2.20. The van der Waals surface area contributed by atoms with Gasteiger partial charge in [-0.05, 0) is 24.6 Å². The molecule has 3 heteroatoms. The molecule has 0 unspecified atom stereocenters. The smallest absolute Gasteiger partial charge is 0.157 e. The van der Waals surface area contributed by atoms with Crippen LogP contribution in [-0.2, 0) is 4.79 Å². The quantitative estimate of drug-likeness (QED) is 0.755. The van der Waals surface area contributed by atoms with Gasteiger partial charge in [0.1, 0.15) is 0 Å². The van der Waals surface area contributed by atoms with Crippen molar-refractivity contribution < 1.29 is 4.79 Å². The number of nitriles is 1. The van der Waals surface area contributed by atoms with Gasteiger partial charge in [0, 0.05) is 30.9 Å². The molecule has 0 spiro atoms. The fraction of sp³-hybridized carbons (Fsp3) is 0.231. The van der Waals surface area contributed by atoms with Crippen LogP contribution >= 0.6 is 0 Å². The Morgan fingerprint density at radius 2 is 2.19 bits per heavy atom. The molecule has 0 N–H and O–H groups in total. The minimum Gasteiger partial charge on any atom is -0.348 e. The van der Waals surface area contributed by atoms with Crippen LogP contribution in [0.1, 0.15) is 18.4 Å². The van der Waals surface area contributed by atoms with E-state index in [-0.39, 0.29) is 5.78 Å². The summed E-state index contributed by atoms with van der Waals surface area (Å²) in [5, 5.41) is 8.81. The van der Waals surface area contributed by atoms with E-state index in [1.54, 1.807) is 12.1 Å². The minimum absolute atomic E-state index is 0.179. The maximum Gasteiger partial charge on any atom is 0.157 e. The molecule has 0 aliphatic heterocycles. The molecule has 1 aliphatic rings. The first-order chi connectivity index (χ1) is 7.70. The van der Waals surface area contributed by atoms with Crippen molar-refractivity contribution in [2.45, 2.75) is 12.8 Å². The first-order valence-electron chi connectivity index (χ1n) is 5.18. The van der Waals surface area contributed by atoms with Crippen LogP contribution in [0.4, 0.5) is 5.69 Å². The molecule has 80 valence electrons. The molecule has 0 heterocycles. The molecular formula is C13H12N2O. The highest BCUT2D eigenvalue weighted by Crippen LogP contribution is 2.24. The lowest BCUT2D eigenvalue weighted by Crippen LogP contribution is -2.14. The van der Waals surface area contributed by atoms with Gasteiger partial charge in [-0.3, -0.25) is 4.79 Å². The summed E-state index contributed by atoms with van der Waals surface area (Å²) in [7, 11) is 1.92. The Balaban J connectivity index is 2.27. The first-order valence-corrected chi connectivity index (χ1v) is 5.18. The number of nitrogens with zero attached hydrogens (tertiary/aromatic N) is 2. The van der Waals surface area contributed by atoms with Gasteiger partial charge in [0.2, 0.25) is 0 Å². The highest BCUT2D eigenvalue weighted by Gasteiger charge is 2.16. The molecule has 0 fully saturated rings. The van der Waals surface area contributed by atoms with E-state index >= 15 is 0 Å². The largest absolute Gasteiger partial charge is 0.348 e. The summed E-state index contributed by atoms with van der Waals surface area (Å²) in [6, 6.07) is 9.48. The second-order valence-electron chi connectivity index (χ2n) is 3.82.